The molecule has 0 radical (unpaired) electrons. The van der Waals surface area contributed by atoms with Crippen molar-refractivity contribution in [1.82, 2.24) is 15.0 Å². The van der Waals surface area contributed by atoms with Crippen LogP contribution in [0.1, 0.15) is 26.8 Å². The van der Waals surface area contributed by atoms with Gasteiger partial charge in [-0.1, -0.05) is 23.5 Å². The number of rotatable bonds is 2. The van der Waals surface area contributed by atoms with Gasteiger partial charge in [0.15, 0.2) is 5.13 Å². The molecule has 0 aliphatic heterocycles. The first kappa shape index (κ1) is 15.2. The van der Waals surface area contributed by atoms with Crippen molar-refractivity contribution in [2.45, 2.75) is 20.8 Å². The van der Waals surface area contributed by atoms with E-state index in [4.69, 9.17) is 0 Å². The van der Waals surface area contributed by atoms with E-state index < -0.39 is 0 Å². The van der Waals surface area contributed by atoms with Crippen molar-refractivity contribution in [3.8, 4) is 0 Å². The van der Waals surface area contributed by atoms with E-state index in [9.17, 15) is 4.79 Å². The molecule has 3 aromatic heterocycles. The number of nitrogens with zero attached hydrogens (tertiary/aromatic N) is 3. The van der Waals surface area contributed by atoms with Gasteiger partial charge in [0.05, 0.1) is 15.1 Å². The number of thiazole rings is 1. The van der Waals surface area contributed by atoms with Crippen LogP contribution in [-0.4, -0.2) is 20.9 Å². The fourth-order valence-corrected chi connectivity index (χ4v) is 4.80. The van der Waals surface area contributed by atoms with Crippen molar-refractivity contribution >= 4 is 54.1 Å². The lowest BCUT2D eigenvalue weighted by atomic mass is 10.1. The Hall–Kier alpha value is -2.38. The first-order valence-electron chi connectivity index (χ1n) is 7.44. The molecule has 1 aromatic carbocycles. The van der Waals surface area contributed by atoms with Crippen molar-refractivity contribution < 1.29 is 4.79 Å². The molecular formula is C17H14N4OS2. The van der Waals surface area contributed by atoms with Crippen LogP contribution in [-0.2, 0) is 0 Å². The summed E-state index contributed by atoms with van der Waals surface area (Å²) in [7, 11) is 0. The van der Waals surface area contributed by atoms with Crippen LogP contribution in [0.15, 0.2) is 24.3 Å². The maximum Gasteiger partial charge on any atom is 0.267 e. The lowest BCUT2D eigenvalue weighted by molar-refractivity contribution is 0.103. The third kappa shape index (κ3) is 2.46. The largest absolute Gasteiger partial charge is 0.297 e. The van der Waals surface area contributed by atoms with Gasteiger partial charge in [-0.05, 0) is 38.5 Å². The van der Waals surface area contributed by atoms with E-state index in [0.717, 1.165) is 37.5 Å². The van der Waals surface area contributed by atoms with Gasteiger partial charge >= 0.3 is 0 Å². The summed E-state index contributed by atoms with van der Waals surface area (Å²) in [4.78, 5) is 27.5. The Morgan fingerprint density at radius 2 is 1.83 bits per heavy atom. The van der Waals surface area contributed by atoms with Crippen LogP contribution >= 0.6 is 22.7 Å². The highest BCUT2D eigenvalue weighted by molar-refractivity contribution is 7.23. The quantitative estimate of drug-likeness (QED) is 0.576. The third-order valence-electron chi connectivity index (χ3n) is 3.80. The molecule has 5 nitrogen and oxygen atoms in total. The molecule has 7 heteroatoms. The summed E-state index contributed by atoms with van der Waals surface area (Å²) < 4.78 is 1.05. The maximum atomic E-state index is 12.7. The summed E-state index contributed by atoms with van der Waals surface area (Å²) in [6.07, 6.45) is 0. The predicted octanol–water partition coefficient (Wildman–Crippen LogP) is 4.48. The van der Waals surface area contributed by atoms with Gasteiger partial charge in [-0.25, -0.2) is 15.0 Å². The van der Waals surface area contributed by atoms with Gasteiger partial charge in [0, 0.05) is 11.1 Å². The average molecular weight is 354 g/mol. The Bertz CT molecular complexity index is 1060. The van der Waals surface area contributed by atoms with Gasteiger partial charge < -0.3 is 0 Å². The number of nitrogens with one attached hydrogen (secondary N) is 1. The number of hydrogen-bond acceptors (Lipinski definition) is 6. The van der Waals surface area contributed by atoms with Gasteiger partial charge in [-0.15, -0.1) is 11.3 Å². The van der Waals surface area contributed by atoms with Crippen molar-refractivity contribution in [3.05, 3.63) is 46.2 Å². The lowest BCUT2D eigenvalue weighted by Crippen LogP contribution is -2.11. The Kier molecular flexibility index (Phi) is 3.54. The van der Waals surface area contributed by atoms with Crippen LogP contribution in [0.25, 0.3) is 20.4 Å². The molecule has 0 spiro atoms. The van der Waals surface area contributed by atoms with Crippen LogP contribution in [0.5, 0.6) is 0 Å². The number of para-hydroxylation sites is 1. The first-order valence-corrected chi connectivity index (χ1v) is 9.07. The number of benzene rings is 1. The van der Waals surface area contributed by atoms with Gasteiger partial charge in [0.25, 0.3) is 5.91 Å². The molecule has 3 heterocycles. The van der Waals surface area contributed by atoms with Gasteiger partial charge in [-0.2, -0.15) is 0 Å². The third-order valence-corrected chi connectivity index (χ3v) is 5.94. The normalized spacial score (nSPS) is 11.3. The Balaban J connectivity index is 1.73. The Labute approximate surface area is 146 Å². The molecule has 0 fully saturated rings. The molecule has 1 amide bonds. The number of aromatic nitrogens is 3. The van der Waals surface area contributed by atoms with Gasteiger partial charge in [0.2, 0.25) is 0 Å². The van der Waals surface area contributed by atoms with E-state index in [1.54, 1.807) is 0 Å². The molecule has 1 N–H and O–H groups in total. The summed E-state index contributed by atoms with van der Waals surface area (Å²) in [6, 6.07) is 7.84. The van der Waals surface area contributed by atoms with E-state index in [2.05, 4.69) is 20.3 Å². The van der Waals surface area contributed by atoms with Crippen LogP contribution in [0, 0.1) is 20.8 Å². The van der Waals surface area contributed by atoms with Gasteiger partial charge in [0.1, 0.15) is 10.7 Å². The highest BCUT2D eigenvalue weighted by Crippen LogP contribution is 2.32. The van der Waals surface area contributed by atoms with E-state index >= 15 is 0 Å². The standard InChI is InChI=1S/C17H14N4OS2/c1-8-13-9(2)18-10(3)19-16(13)24-14(8)15(22)21-17-20-11-6-4-5-7-12(11)23-17/h4-7H,1-3H3,(H,20,21,22). The molecule has 0 aliphatic rings. The second kappa shape index (κ2) is 5.61. The summed E-state index contributed by atoms with van der Waals surface area (Å²) in [5, 5.41) is 4.49. The zero-order valence-corrected chi connectivity index (χ0v) is 15.0. The number of hydrogen-bond donors (Lipinski definition) is 1. The molecule has 0 bridgehead atoms. The second-order valence-corrected chi connectivity index (χ2v) is 7.56. The molecular weight excluding hydrogens is 340 g/mol. The Morgan fingerprint density at radius 3 is 2.62 bits per heavy atom. The molecule has 0 saturated heterocycles. The topological polar surface area (TPSA) is 67.8 Å². The number of anilines is 1. The Morgan fingerprint density at radius 1 is 1.04 bits per heavy atom. The lowest BCUT2D eigenvalue weighted by Gasteiger charge is -2.00. The number of carbonyl (C=O) groups excluding carboxylic acids is 1. The number of fused-ring (bicyclic) bond motifs is 2. The number of thiophene rings is 1. The maximum absolute atomic E-state index is 12.7. The van der Waals surface area contributed by atoms with Crippen molar-refractivity contribution in [1.29, 1.82) is 0 Å². The van der Waals surface area contributed by atoms with Crippen molar-refractivity contribution in [2.24, 2.45) is 0 Å². The highest BCUT2D eigenvalue weighted by atomic mass is 32.1. The first-order chi connectivity index (χ1) is 11.5. The minimum Gasteiger partial charge on any atom is -0.297 e. The van der Waals surface area contributed by atoms with E-state index in [1.165, 1.54) is 22.7 Å². The van der Waals surface area contributed by atoms with Crippen LogP contribution in [0.3, 0.4) is 0 Å². The SMILES string of the molecule is Cc1nc(C)c2c(C)c(C(=O)Nc3nc4ccccc4s3)sc2n1. The zero-order valence-electron chi connectivity index (χ0n) is 13.4. The number of carbonyl (C=O) groups is 1. The molecule has 0 atom stereocenters. The minimum absolute atomic E-state index is 0.147. The summed E-state index contributed by atoms with van der Waals surface area (Å²) in [5.74, 6) is 0.575. The summed E-state index contributed by atoms with van der Waals surface area (Å²) in [6.45, 7) is 5.76. The molecule has 4 rings (SSSR count). The van der Waals surface area contributed by atoms with E-state index in [0.29, 0.717) is 10.0 Å². The van der Waals surface area contributed by atoms with E-state index in [-0.39, 0.29) is 5.91 Å². The summed E-state index contributed by atoms with van der Waals surface area (Å²) in [5.41, 5.74) is 2.72. The van der Waals surface area contributed by atoms with Crippen molar-refractivity contribution in [2.75, 3.05) is 5.32 Å². The number of amides is 1. The molecule has 0 saturated carbocycles. The smallest absolute Gasteiger partial charge is 0.267 e. The second-order valence-electron chi connectivity index (χ2n) is 5.53. The highest BCUT2D eigenvalue weighted by Gasteiger charge is 2.19. The van der Waals surface area contributed by atoms with Crippen LogP contribution < -0.4 is 5.32 Å². The zero-order chi connectivity index (χ0) is 16.8. The number of aryl methyl sites for hydroxylation is 3. The molecule has 0 unspecified atom stereocenters. The predicted molar refractivity (Wildman–Crippen MR) is 99.2 cm³/mol. The summed E-state index contributed by atoms with van der Waals surface area (Å²) >= 11 is 2.87. The molecule has 0 aliphatic carbocycles. The van der Waals surface area contributed by atoms with Gasteiger partial charge in [-0.3, -0.25) is 10.1 Å². The monoisotopic (exact) mass is 354 g/mol. The fourth-order valence-electron chi connectivity index (χ4n) is 2.77. The van der Waals surface area contributed by atoms with E-state index in [1.807, 2.05) is 45.0 Å². The van der Waals surface area contributed by atoms with Crippen LogP contribution in [0.4, 0.5) is 5.13 Å². The molecule has 120 valence electrons. The molecule has 4 aromatic rings. The minimum atomic E-state index is -0.147. The average Bonchev–Trinajstić information content (AvgIpc) is 3.07. The van der Waals surface area contributed by atoms with Crippen LogP contribution in [0.2, 0.25) is 0 Å². The molecule has 24 heavy (non-hydrogen) atoms. The fraction of sp³-hybridized carbons (Fsp3) is 0.176. The van der Waals surface area contributed by atoms with Crippen molar-refractivity contribution in [3.63, 3.8) is 0 Å².